The molecule has 1 fully saturated rings. The van der Waals surface area contributed by atoms with E-state index in [-0.39, 0.29) is 18.1 Å². The highest BCUT2D eigenvalue weighted by Crippen LogP contribution is 2.34. The Labute approximate surface area is 160 Å². The van der Waals surface area contributed by atoms with Crippen molar-refractivity contribution in [2.45, 2.75) is 12.8 Å². The van der Waals surface area contributed by atoms with Gasteiger partial charge in [0.25, 0.3) is 5.91 Å². The summed E-state index contributed by atoms with van der Waals surface area (Å²) in [5, 5.41) is 9.37. The molecule has 1 aromatic carbocycles. The first-order chi connectivity index (χ1) is 12.5. The molecule has 0 aliphatic carbocycles. The number of nitrogens with zero attached hydrogens (tertiary/aromatic N) is 2. The highest BCUT2D eigenvalue weighted by atomic mass is 79.9. The fraction of sp³-hybridized carbons (Fsp3) is 0.389. The van der Waals surface area contributed by atoms with Crippen LogP contribution >= 0.6 is 15.9 Å². The van der Waals surface area contributed by atoms with E-state index >= 15 is 0 Å². The number of hydrogen-bond acceptors (Lipinski definition) is 6. The molecule has 0 saturated carbocycles. The second-order valence-corrected chi connectivity index (χ2v) is 6.41. The van der Waals surface area contributed by atoms with E-state index in [1.807, 2.05) is 6.07 Å². The van der Waals surface area contributed by atoms with Crippen molar-refractivity contribution >= 4 is 33.9 Å². The van der Waals surface area contributed by atoms with Crippen LogP contribution in [-0.2, 0) is 14.3 Å². The number of amides is 1. The molecule has 7 nitrogen and oxygen atoms in total. The van der Waals surface area contributed by atoms with Gasteiger partial charge in [-0.2, -0.15) is 5.26 Å². The summed E-state index contributed by atoms with van der Waals surface area (Å²) in [6, 6.07) is 5.21. The molecule has 26 heavy (non-hydrogen) atoms. The van der Waals surface area contributed by atoms with Crippen molar-refractivity contribution in [1.29, 1.82) is 5.26 Å². The summed E-state index contributed by atoms with van der Waals surface area (Å²) in [5.74, 6) is -0.0856. The molecule has 8 heteroatoms. The Morgan fingerprint density at radius 1 is 1.27 bits per heavy atom. The third kappa shape index (κ3) is 4.76. The Bertz CT molecular complexity index is 764. The lowest BCUT2D eigenvalue weighted by molar-refractivity contribution is -0.142. The van der Waals surface area contributed by atoms with E-state index in [2.05, 4.69) is 20.7 Å². The molecule has 0 bridgehead atoms. The first kappa shape index (κ1) is 19.8. The van der Waals surface area contributed by atoms with Crippen LogP contribution in [0.25, 0.3) is 6.08 Å². The molecule has 0 atom stereocenters. The zero-order valence-corrected chi connectivity index (χ0v) is 16.2. The topological polar surface area (TPSA) is 88.9 Å². The van der Waals surface area contributed by atoms with E-state index in [1.165, 1.54) is 20.3 Å². The largest absolute Gasteiger partial charge is 0.493 e. The molecule has 0 spiro atoms. The van der Waals surface area contributed by atoms with Gasteiger partial charge < -0.3 is 19.1 Å². The van der Waals surface area contributed by atoms with Gasteiger partial charge in [0.1, 0.15) is 11.6 Å². The van der Waals surface area contributed by atoms with Gasteiger partial charge in [-0.25, -0.2) is 4.79 Å². The Morgan fingerprint density at radius 3 is 2.54 bits per heavy atom. The quantitative estimate of drug-likeness (QED) is 0.397. The average molecular weight is 423 g/mol. The standard InChI is InChI=1S/C18H19BrN2O5/c1-24-15-8-12(14(19)9-16(15)26-11-17(22)25-2)7-13(10-20)18(23)21-5-3-4-6-21/h7-9H,3-6,11H2,1-2H3/b13-7+. The van der Waals surface area contributed by atoms with Gasteiger partial charge in [-0.1, -0.05) is 15.9 Å². The van der Waals surface area contributed by atoms with Crippen LogP contribution in [-0.4, -0.2) is 50.7 Å². The van der Waals surface area contributed by atoms with E-state index in [4.69, 9.17) is 9.47 Å². The molecule has 2 rings (SSSR count). The molecular weight excluding hydrogens is 404 g/mol. The molecular formula is C18H19BrN2O5. The van der Waals surface area contributed by atoms with Crippen molar-refractivity contribution in [1.82, 2.24) is 4.90 Å². The minimum absolute atomic E-state index is 0.0536. The van der Waals surface area contributed by atoms with E-state index in [1.54, 1.807) is 17.0 Å². The molecule has 1 aliphatic rings. The van der Waals surface area contributed by atoms with Crippen LogP contribution in [0.1, 0.15) is 18.4 Å². The number of carbonyl (C=O) groups is 2. The number of esters is 1. The van der Waals surface area contributed by atoms with Crippen LogP contribution in [0.5, 0.6) is 11.5 Å². The number of methoxy groups -OCH3 is 2. The monoisotopic (exact) mass is 422 g/mol. The fourth-order valence-electron chi connectivity index (χ4n) is 2.52. The van der Waals surface area contributed by atoms with Crippen LogP contribution in [0.15, 0.2) is 22.2 Å². The zero-order valence-electron chi connectivity index (χ0n) is 14.6. The summed E-state index contributed by atoms with van der Waals surface area (Å²) in [6.07, 6.45) is 3.42. The van der Waals surface area contributed by atoms with Crippen LogP contribution in [0.3, 0.4) is 0 Å². The summed E-state index contributed by atoms with van der Waals surface area (Å²) in [6.45, 7) is 1.08. The van der Waals surface area contributed by atoms with Crippen molar-refractivity contribution < 1.29 is 23.8 Å². The normalized spacial score (nSPS) is 13.9. The maximum absolute atomic E-state index is 12.4. The molecule has 0 radical (unpaired) electrons. The zero-order chi connectivity index (χ0) is 19.1. The van der Waals surface area contributed by atoms with Crippen molar-refractivity contribution in [3.63, 3.8) is 0 Å². The predicted molar refractivity (Wildman–Crippen MR) is 97.6 cm³/mol. The third-order valence-corrected chi connectivity index (χ3v) is 4.59. The molecule has 1 aromatic rings. The van der Waals surface area contributed by atoms with E-state index in [9.17, 15) is 14.9 Å². The summed E-state index contributed by atoms with van der Waals surface area (Å²) in [5.41, 5.74) is 0.647. The van der Waals surface area contributed by atoms with Gasteiger partial charge >= 0.3 is 5.97 Å². The molecule has 0 N–H and O–H groups in total. The van der Waals surface area contributed by atoms with E-state index in [0.717, 1.165) is 12.8 Å². The third-order valence-electron chi connectivity index (χ3n) is 3.90. The number of carbonyl (C=O) groups excluding carboxylic acids is 2. The van der Waals surface area contributed by atoms with Gasteiger partial charge in [0.15, 0.2) is 18.1 Å². The Balaban J connectivity index is 2.29. The first-order valence-electron chi connectivity index (χ1n) is 7.98. The predicted octanol–water partition coefficient (Wildman–Crippen LogP) is 2.54. The molecule has 1 heterocycles. The maximum Gasteiger partial charge on any atom is 0.343 e. The summed E-state index contributed by atoms with van der Waals surface area (Å²) >= 11 is 3.39. The van der Waals surface area contributed by atoms with Crippen molar-refractivity contribution in [3.8, 4) is 17.6 Å². The molecule has 1 amide bonds. The number of hydrogen-bond donors (Lipinski definition) is 0. The van der Waals surface area contributed by atoms with Gasteiger partial charge in [0.2, 0.25) is 0 Å². The van der Waals surface area contributed by atoms with Crippen molar-refractivity contribution in [3.05, 3.63) is 27.7 Å². The molecule has 1 saturated heterocycles. The van der Waals surface area contributed by atoms with E-state index < -0.39 is 5.97 Å². The minimum atomic E-state index is -0.518. The molecule has 1 aliphatic heterocycles. The van der Waals surface area contributed by atoms with Gasteiger partial charge in [-0.15, -0.1) is 0 Å². The number of benzene rings is 1. The molecule has 0 aromatic heterocycles. The van der Waals surface area contributed by atoms with Crippen LogP contribution < -0.4 is 9.47 Å². The summed E-state index contributed by atoms with van der Waals surface area (Å²) in [4.78, 5) is 25.3. The Kier molecular flexibility index (Phi) is 7.04. The maximum atomic E-state index is 12.4. The summed E-state index contributed by atoms with van der Waals surface area (Å²) in [7, 11) is 2.73. The SMILES string of the molecule is COC(=O)COc1cc(Br)c(/C=C(\C#N)C(=O)N2CCCC2)cc1OC. The first-order valence-corrected chi connectivity index (χ1v) is 8.77. The van der Waals surface area contributed by atoms with Crippen LogP contribution in [0.2, 0.25) is 0 Å². The van der Waals surface area contributed by atoms with Gasteiger partial charge in [0, 0.05) is 17.6 Å². The van der Waals surface area contributed by atoms with Crippen molar-refractivity contribution in [2.24, 2.45) is 0 Å². The number of ether oxygens (including phenoxy) is 3. The number of halogens is 1. The lowest BCUT2D eigenvalue weighted by Crippen LogP contribution is -2.28. The fourth-order valence-corrected chi connectivity index (χ4v) is 2.95. The van der Waals surface area contributed by atoms with Gasteiger partial charge in [-0.3, -0.25) is 4.79 Å². The number of nitriles is 1. The Morgan fingerprint density at radius 2 is 1.96 bits per heavy atom. The highest BCUT2D eigenvalue weighted by molar-refractivity contribution is 9.10. The Hall–Kier alpha value is -2.53. The van der Waals surface area contributed by atoms with E-state index in [0.29, 0.717) is 34.6 Å². The van der Waals surface area contributed by atoms with Crippen LogP contribution in [0.4, 0.5) is 0 Å². The van der Waals surface area contributed by atoms with Gasteiger partial charge in [0.05, 0.1) is 14.2 Å². The number of likely N-dealkylation sites (tertiary alicyclic amines) is 1. The smallest absolute Gasteiger partial charge is 0.343 e. The summed E-state index contributed by atoms with van der Waals surface area (Å²) < 4.78 is 15.8. The second kappa shape index (κ2) is 9.25. The average Bonchev–Trinajstić information content (AvgIpc) is 3.19. The second-order valence-electron chi connectivity index (χ2n) is 5.56. The molecule has 0 unspecified atom stereocenters. The highest BCUT2D eigenvalue weighted by Gasteiger charge is 2.22. The number of rotatable bonds is 6. The van der Waals surface area contributed by atoms with Crippen molar-refractivity contribution in [2.75, 3.05) is 33.9 Å². The lowest BCUT2D eigenvalue weighted by atomic mass is 10.1. The minimum Gasteiger partial charge on any atom is -0.493 e. The lowest BCUT2D eigenvalue weighted by Gasteiger charge is -2.15. The van der Waals surface area contributed by atoms with Gasteiger partial charge in [-0.05, 0) is 36.6 Å². The molecule has 138 valence electrons. The van der Waals surface area contributed by atoms with Crippen LogP contribution in [0, 0.1) is 11.3 Å².